The van der Waals surface area contributed by atoms with Crippen molar-refractivity contribution in [2.24, 2.45) is 5.16 Å². The molecule has 1 aromatic heterocycles. The normalized spacial score (nSPS) is 20.4. The molecule has 1 heterocycles. The lowest BCUT2D eigenvalue weighted by Gasteiger charge is -2.21. The first kappa shape index (κ1) is 18.0. The number of hydrogen-bond acceptors (Lipinski definition) is 4. The van der Waals surface area contributed by atoms with Gasteiger partial charge in [-0.25, -0.2) is 13.8 Å². The lowest BCUT2D eigenvalue weighted by Crippen LogP contribution is -2.40. The monoisotopic (exact) mass is 367 g/mol. The van der Waals surface area contributed by atoms with Gasteiger partial charge in [0.15, 0.2) is 6.17 Å². The number of nitrogens with one attached hydrogen (secondary N) is 1. The number of rotatable bonds is 2. The number of allylic oxidation sites excluding steroid dienone is 4. The Labute approximate surface area is 136 Å². The van der Waals surface area contributed by atoms with Crippen molar-refractivity contribution < 1.29 is 22.4 Å². The minimum atomic E-state index is -4.92. The Morgan fingerprint density at radius 3 is 2.50 bits per heavy atom. The van der Waals surface area contributed by atoms with Crippen LogP contribution < -0.4 is 11.2 Å². The average Bonchev–Trinajstić information content (AvgIpc) is 2.47. The maximum Gasteiger partial charge on any atom is 0.431 e. The SMILES string of the molecule is CON=C1C(Cl)=C(C)C=C(n2c(=O)cc(C(F)(F)F)[nH]c2=O)C1F. The summed E-state index contributed by atoms with van der Waals surface area (Å²) in [5.74, 6) is 0. The van der Waals surface area contributed by atoms with Crippen molar-refractivity contribution in [1.82, 2.24) is 9.55 Å². The largest absolute Gasteiger partial charge is 0.431 e. The van der Waals surface area contributed by atoms with Gasteiger partial charge in [-0.15, -0.1) is 0 Å². The van der Waals surface area contributed by atoms with Crippen molar-refractivity contribution in [3.63, 3.8) is 0 Å². The first-order valence-electron chi connectivity index (χ1n) is 6.35. The Morgan fingerprint density at radius 1 is 1.38 bits per heavy atom. The zero-order valence-corrected chi connectivity index (χ0v) is 13.0. The van der Waals surface area contributed by atoms with Crippen molar-refractivity contribution >= 4 is 23.0 Å². The van der Waals surface area contributed by atoms with Gasteiger partial charge in [0.25, 0.3) is 5.56 Å². The van der Waals surface area contributed by atoms with Crippen molar-refractivity contribution in [1.29, 1.82) is 0 Å². The number of oxime groups is 1. The fourth-order valence-electron chi connectivity index (χ4n) is 2.07. The minimum Gasteiger partial charge on any atom is -0.399 e. The summed E-state index contributed by atoms with van der Waals surface area (Å²) in [5, 5.41) is 3.30. The molecule has 1 unspecified atom stereocenters. The number of aromatic amines is 1. The highest BCUT2D eigenvalue weighted by Crippen LogP contribution is 2.29. The molecule has 24 heavy (non-hydrogen) atoms. The zero-order valence-electron chi connectivity index (χ0n) is 12.2. The summed E-state index contributed by atoms with van der Waals surface area (Å²) in [6.45, 7) is 1.45. The maximum absolute atomic E-state index is 14.6. The van der Waals surface area contributed by atoms with Crippen LogP contribution in [-0.4, -0.2) is 28.5 Å². The molecule has 0 saturated heterocycles. The molecule has 1 N–H and O–H groups in total. The van der Waals surface area contributed by atoms with E-state index in [0.717, 1.165) is 13.2 Å². The maximum atomic E-state index is 14.6. The quantitative estimate of drug-likeness (QED) is 0.643. The summed E-state index contributed by atoms with van der Waals surface area (Å²) in [5.41, 5.74) is -4.99. The molecule has 0 saturated carbocycles. The van der Waals surface area contributed by atoms with Crippen LogP contribution in [0.2, 0.25) is 0 Å². The van der Waals surface area contributed by atoms with Gasteiger partial charge in [-0.05, 0) is 18.6 Å². The second-order valence-corrected chi connectivity index (χ2v) is 5.13. The lowest BCUT2D eigenvalue weighted by atomic mass is 10.0. The number of alkyl halides is 4. The molecule has 130 valence electrons. The molecule has 0 fully saturated rings. The molecular weight excluding hydrogens is 358 g/mol. The fraction of sp³-hybridized carbons (Fsp3) is 0.308. The molecule has 1 aliphatic carbocycles. The highest BCUT2D eigenvalue weighted by molar-refractivity contribution is 6.46. The summed E-state index contributed by atoms with van der Waals surface area (Å²) >= 11 is 5.89. The molecule has 0 aromatic carbocycles. The first-order chi connectivity index (χ1) is 11.1. The summed E-state index contributed by atoms with van der Waals surface area (Å²) in [6.07, 6.45) is -5.99. The number of nitrogens with zero attached hydrogens (tertiary/aromatic N) is 2. The van der Waals surface area contributed by atoms with Crippen LogP contribution in [0.3, 0.4) is 0 Å². The van der Waals surface area contributed by atoms with Gasteiger partial charge in [-0.1, -0.05) is 16.8 Å². The van der Waals surface area contributed by atoms with Crippen molar-refractivity contribution in [2.45, 2.75) is 19.3 Å². The van der Waals surface area contributed by atoms with Crippen LogP contribution in [0.5, 0.6) is 0 Å². The predicted molar refractivity (Wildman–Crippen MR) is 78.5 cm³/mol. The summed E-state index contributed by atoms with van der Waals surface area (Å²) in [6, 6.07) is 0.164. The van der Waals surface area contributed by atoms with Gasteiger partial charge in [0, 0.05) is 6.07 Å². The van der Waals surface area contributed by atoms with Crippen LogP contribution in [0.4, 0.5) is 17.6 Å². The van der Waals surface area contributed by atoms with E-state index < -0.39 is 40.7 Å². The van der Waals surface area contributed by atoms with E-state index in [1.165, 1.54) is 11.9 Å². The predicted octanol–water partition coefficient (Wildman–Crippen LogP) is 2.26. The molecule has 0 aliphatic heterocycles. The van der Waals surface area contributed by atoms with Gasteiger partial charge in [-0.2, -0.15) is 13.2 Å². The minimum absolute atomic E-state index is 0.0931. The van der Waals surface area contributed by atoms with Crippen LogP contribution in [-0.2, 0) is 11.0 Å². The fourth-order valence-corrected chi connectivity index (χ4v) is 2.25. The number of hydrogen-bond donors (Lipinski definition) is 1. The Hall–Kier alpha value is -2.36. The molecule has 0 bridgehead atoms. The Morgan fingerprint density at radius 2 is 2.00 bits per heavy atom. The van der Waals surface area contributed by atoms with Gasteiger partial charge >= 0.3 is 11.9 Å². The van der Waals surface area contributed by atoms with Crippen LogP contribution in [0.25, 0.3) is 5.70 Å². The van der Waals surface area contributed by atoms with Crippen molar-refractivity contribution in [3.8, 4) is 0 Å². The van der Waals surface area contributed by atoms with E-state index in [-0.39, 0.29) is 21.2 Å². The molecule has 1 aliphatic rings. The average molecular weight is 368 g/mol. The van der Waals surface area contributed by atoms with E-state index in [4.69, 9.17) is 11.6 Å². The third kappa shape index (κ3) is 3.14. The van der Waals surface area contributed by atoms with E-state index in [0.29, 0.717) is 0 Å². The van der Waals surface area contributed by atoms with Crippen LogP contribution in [0.1, 0.15) is 12.6 Å². The second-order valence-electron chi connectivity index (χ2n) is 4.75. The van der Waals surface area contributed by atoms with E-state index in [1.807, 2.05) is 0 Å². The molecule has 2 rings (SSSR count). The third-order valence-corrected chi connectivity index (χ3v) is 3.61. The number of H-pyrrole nitrogens is 1. The Bertz CT molecular complexity index is 848. The molecular formula is C13H10ClF4N3O3. The Balaban J connectivity index is 2.69. The van der Waals surface area contributed by atoms with Gasteiger partial charge in [0.05, 0.1) is 10.7 Å². The molecule has 6 nitrogen and oxygen atoms in total. The molecule has 11 heteroatoms. The first-order valence-corrected chi connectivity index (χ1v) is 6.73. The van der Waals surface area contributed by atoms with Gasteiger partial charge < -0.3 is 9.82 Å². The topological polar surface area (TPSA) is 76.5 Å². The van der Waals surface area contributed by atoms with Gasteiger partial charge in [0.2, 0.25) is 0 Å². The highest BCUT2D eigenvalue weighted by atomic mass is 35.5. The molecule has 0 amide bonds. The van der Waals surface area contributed by atoms with Gasteiger partial charge in [-0.3, -0.25) is 4.79 Å². The van der Waals surface area contributed by atoms with Crippen LogP contribution in [0, 0.1) is 0 Å². The Kier molecular flexibility index (Phi) is 4.70. The number of aromatic nitrogens is 2. The van der Waals surface area contributed by atoms with Gasteiger partial charge in [0.1, 0.15) is 18.5 Å². The summed E-state index contributed by atoms with van der Waals surface area (Å²) in [7, 11) is 1.13. The van der Waals surface area contributed by atoms with E-state index in [2.05, 4.69) is 9.99 Å². The van der Waals surface area contributed by atoms with E-state index in [1.54, 1.807) is 0 Å². The van der Waals surface area contributed by atoms with E-state index in [9.17, 15) is 27.2 Å². The zero-order chi connectivity index (χ0) is 18.2. The van der Waals surface area contributed by atoms with Crippen LogP contribution >= 0.6 is 11.6 Å². The smallest absolute Gasteiger partial charge is 0.399 e. The van der Waals surface area contributed by atoms with E-state index >= 15 is 0 Å². The van der Waals surface area contributed by atoms with Crippen molar-refractivity contribution in [3.05, 3.63) is 49.3 Å². The molecule has 1 aromatic rings. The standard InChI is InChI=1S/C13H10ClF4N3O3/c1-5-3-6(10(15)11(9(5)14)20-24-2)21-8(22)4-7(13(16,17)18)19-12(21)23/h3-4,10H,1-2H3,(H,19,23). The second kappa shape index (κ2) is 6.27. The number of halogens is 5. The van der Waals surface area contributed by atoms with Crippen molar-refractivity contribution in [2.75, 3.05) is 7.11 Å². The molecule has 1 atom stereocenters. The van der Waals surface area contributed by atoms with Crippen LogP contribution in [0.15, 0.2) is 37.5 Å². The molecule has 0 spiro atoms. The highest BCUT2D eigenvalue weighted by Gasteiger charge is 2.35. The summed E-state index contributed by atoms with van der Waals surface area (Å²) in [4.78, 5) is 29.8. The molecule has 0 radical (unpaired) electrons. The lowest BCUT2D eigenvalue weighted by molar-refractivity contribution is -0.141. The third-order valence-electron chi connectivity index (χ3n) is 3.12. The summed E-state index contributed by atoms with van der Waals surface area (Å²) < 4.78 is 52.6.